The number of hydrogen-bond acceptors (Lipinski definition) is 6. The molecule has 0 aliphatic carbocycles. The number of likely N-dealkylation sites (tertiary alicyclic amines) is 1. The first-order chi connectivity index (χ1) is 19.1. The molecular formula is C30H40BrN3O6. The zero-order valence-electron chi connectivity index (χ0n) is 23.7. The van der Waals surface area contributed by atoms with Gasteiger partial charge in [-0.1, -0.05) is 28.1 Å². The molecule has 2 bridgehead atoms. The van der Waals surface area contributed by atoms with E-state index in [9.17, 15) is 19.5 Å². The molecule has 3 heterocycles. The van der Waals surface area contributed by atoms with Crippen LogP contribution in [-0.2, 0) is 19.1 Å². The number of nitrogens with zero attached hydrogens (tertiary/aromatic N) is 3. The van der Waals surface area contributed by atoms with Gasteiger partial charge in [0.2, 0.25) is 17.7 Å². The zero-order valence-corrected chi connectivity index (χ0v) is 25.2. The van der Waals surface area contributed by atoms with Crippen LogP contribution in [-0.4, -0.2) is 93.6 Å². The maximum Gasteiger partial charge on any atom is 0.248 e. The van der Waals surface area contributed by atoms with Crippen molar-refractivity contribution in [3.05, 3.63) is 49.6 Å². The second-order valence-corrected chi connectivity index (χ2v) is 12.2. The van der Waals surface area contributed by atoms with E-state index in [2.05, 4.69) is 29.1 Å². The summed E-state index contributed by atoms with van der Waals surface area (Å²) in [6, 6.07) is 5.45. The lowest BCUT2D eigenvalue weighted by atomic mass is 9.70. The minimum atomic E-state index is -1.20. The number of anilines is 1. The summed E-state index contributed by atoms with van der Waals surface area (Å²) in [5.41, 5.74) is -0.559. The molecule has 4 rings (SSSR count). The van der Waals surface area contributed by atoms with Crippen molar-refractivity contribution >= 4 is 39.3 Å². The molecular weight excluding hydrogens is 578 g/mol. The quantitative estimate of drug-likeness (QED) is 0.286. The molecule has 0 radical (unpaired) electrons. The van der Waals surface area contributed by atoms with Gasteiger partial charge in [0.05, 0.1) is 37.2 Å². The minimum absolute atomic E-state index is 0.152. The van der Waals surface area contributed by atoms with E-state index in [1.165, 1.54) is 4.90 Å². The normalized spacial score (nSPS) is 29.3. The van der Waals surface area contributed by atoms with E-state index < -0.39 is 35.6 Å². The van der Waals surface area contributed by atoms with Gasteiger partial charge in [-0.25, -0.2) is 0 Å². The van der Waals surface area contributed by atoms with Gasteiger partial charge in [0.25, 0.3) is 0 Å². The van der Waals surface area contributed by atoms with Crippen LogP contribution in [0, 0.1) is 11.8 Å². The predicted octanol–water partition coefficient (Wildman–Crippen LogP) is 3.16. The lowest BCUT2D eigenvalue weighted by Gasteiger charge is -2.39. The molecule has 0 saturated carbocycles. The van der Waals surface area contributed by atoms with Gasteiger partial charge in [0, 0.05) is 29.6 Å². The average Bonchev–Trinajstić information content (AvgIpc) is 3.53. The molecule has 7 atom stereocenters. The van der Waals surface area contributed by atoms with E-state index in [0.29, 0.717) is 31.0 Å². The lowest BCUT2D eigenvalue weighted by Crippen LogP contribution is -2.59. The number of carbonyl (C=O) groups excluding carboxylic acids is 3. The minimum Gasteiger partial charge on any atom is -0.494 e. The van der Waals surface area contributed by atoms with Crippen molar-refractivity contribution in [3.8, 4) is 5.75 Å². The summed E-state index contributed by atoms with van der Waals surface area (Å²) in [5, 5.41) is 10.1. The van der Waals surface area contributed by atoms with Crippen LogP contribution >= 0.6 is 15.9 Å². The highest BCUT2D eigenvalue weighted by Crippen LogP contribution is 2.61. The van der Waals surface area contributed by atoms with Crippen molar-refractivity contribution in [1.82, 2.24) is 9.80 Å². The highest BCUT2D eigenvalue weighted by molar-refractivity contribution is 9.09. The van der Waals surface area contributed by atoms with Crippen LogP contribution in [0.2, 0.25) is 0 Å². The van der Waals surface area contributed by atoms with E-state index >= 15 is 0 Å². The summed E-state index contributed by atoms with van der Waals surface area (Å²) in [4.78, 5) is 47.3. The standard InChI is InChI=1S/C30H40BrN3O6/c1-7-14-32(18(4)5)29(38)26-30-16-22(31)25(40-30)23(24(30)28(37)34(26)19(6)17-35)27(36)33(15-8-2)20-10-12-21(13-11-20)39-9-3/h7-8,10-13,18-19,22-26,35H,1-2,9,14-17H2,3-6H3/t19-,22?,23-,24+,25-,26?,30?/m1/s1. The molecule has 218 valence electrons. The summed E-state index contributed by atoms with van der Waals surface area (Å²) in [5.74, 6) is -1.88. The van der Waals surface area contributed by atoms with Crippen molar-refractivity contribution in [2.24, 2.45) is 11.8 Å². The SMILES string of the molecule is C=CCN(C(=O)[C@H]1[C@@H]2OC3(CC2Br)C(C(=O)N(CC=C)C(C)C)N([C@H](C)CO)C(=O)[C@H]13)c1ccc(OCC)cc1. The number of fused-ring (bicyclic) bond motifs is 1. The number of hydrogen-bond donors (Lipinski definition) is 1. The van der Waals surface area contributed by atoms with Crippen LogP contribution in [0.25, 0.3) is 0 Å². The van der Waals surface area contributed by atoms with E-state index in [1.54, 1.807) is 53.1 Å². The lowest BCUT2D eigenvalue weighted by molar-refractivity contribution is -0.151. The highest BCUT2D eigenvalue weighted by Gasteiger charge is 2.77. The van der Waals surface area contributed by atoms with Gasteiger partial charge in [-0.15, -0.1) is 13.2 Å². The first-order valence-electron chi connectivity index (χ1n) is 13.9. The third-order valence-electron chi connectivity index (χ3n) is 8.25. The Bertz CT molecular complexity index is 1140. The van der Waals surface area contributed by atoms with Gasteiger partial charge in [-0.3, -0.25) is 14.4 Å². The molecule has 3 fully saturated rings. The maximum atomic E-state index is 14.4. The van der Waals surface area contributed by atoms with Gasteiger partial charge >= 0.3 is 0 Å². The van der Waals surface area contributed by atoms with Crippen LogP contribution in [0.5, 0.6) is 5.75 Å². The molecule has 1 aromatic carbocycles. The molecule has 3 saturated heterocycles. The largest absolute Gasteiger partial charge is 0.494 e. The van der Waals surface area contributed by atoms with Crippen molar-refractivity contribution in [2.75, 3.05) is 31.2 Å². The average molecular weight is 619 g/mol. The Balaban J connectivity index is 1.77. The molecule has 3 aliphatic heterocycles. The second-order valence-electron chi connectivity index (χ2n) is 11.0. The van der Waals surface area contributed by atoms with Crippen LogP contribution < -0.4 is 9.64 Å². The van der Waals surface area contributed by atoms with Gasteiger partial charge in [0.15, 0.2) is 0 Å². The van der Waals surface area contributed by atoms with E-state index in [-0.39, 0.29) is 41.7 Å². The van der Waals surface area contributed by atoms with Crippen molar-refractivity contribution in [3.63, 3.8) is 0 Å². The van der Waals surface area contributed by atoms with Crippen molar-refractivity contribution in [1.29, 1.82) is 0 Å². The van der Waals surface area contributed by atoms with Crippen molar-refractivity contribution in [2.45, 2.75) is 68.8 Å². The topological polar surface area (TPSA) is 99.6 Å². The number of alkyl halides is 1. The summed E-state index contributed by atoms with van der Waals surface area (Å²) >= 11 is 3.72. The molecule has 1 N–H and O–H groups in total. The van der Waals surface area contributed by atoms with Crippen LogP contribution in [0.3, 0.4) is 0 Å². The number of halogens is 1. The molecule has 1 spiro atoms. The molecule has 0 aromatic heterocycles. The second kappa shape index (κ2) is 12.0. The summed E-state index contributed by atoms with van der Waals surface area (Å²) in [6.07, 6.45) is 3.10. The summed E-state index contributed by atoms with van der Waals surface area (Å²) in [6.45, 7) is 15.8. The van der Waals surface area contributed by atoms with Gasteiger partial charge in [0.1, 0.15) is 17.4 Å². The molecule has 40 heavy (non-hydrogen) atoms. The first-order valence-corrected chi connectivity index (χ1v) is 14.8. The Hall–Kier alpha value is -2.69. The molecule has 3 amide bonds. The molecule has 9 nitrogen and oxygen atoms in total. The van der Waals surface area contributed by atoms with E-state index in [4.69, 9.17) is 9.47 Å². The Morgan fingerprint density at radius 2 is 1.85 bits per heavy atom. The first kappa shape index (κ1) is 30.3. The monoisotopic (exact) mass is 617 g/mol. The van der Waals surface area contributed by atoms with E-state index in [0.717, 1.165) is 0 Å². The zero-order chi connectivity index (χ0) is 29.4. The Morgan fingerprint density at radius 3 is 2.40 bits per heavy atom. The third kappa shape index (κ3) is 4.88. The Labute approximate surface area is 244 Å². The fourth-order valence-electron chi connectivity index (χ4n) is 6.56. The van der Waals surface area contributed by atoms with Gasteiger partial charge in [-0.05, 0) is 58.4 Å². The Kier molecular flexibility index (Phi) is 9.11. The number of rotatable bonds is 12. The van der Waals surface area contributed by atoms with Crippen molar-refractivity contribution < 1.29 is 29.0 Å². The Morgan fingerprint density at radius 1 is 1.20 bits per heavy atom. The number of amides is 3. The van der Waals surface area contributed by atoms with Crippen LogP contribution in [0.1, 0.15) is 34.1 Å². The van der Waals surface area contributed by atoms with Gasteiger partial charge < -0.3 is 29.3 Å². The van der Waals surface area contributed by atoms with Crippen LogP contribution in [0.15, 0.2) is 49.6 Å². The molecule has 1 aromatic rings. The molecule has 10 heteroatoms. The number of ether oxygens (including phenoxy) is 2. The number of aliphatic hydroxyl groups excluding tert-OH is 1. The summed E-state index contributed by atoms with van der Waals surface area (Å²) in [7, 11) is 0. The third-order valence-corrected chi connectivity index (χ3v) is 9.10. The van der Waals surface area contributed by atoms with Gasteiger partial charge in [-0.2, -0.15) is 0 Å². The predicted molar refractivity (Wildman–Crippen MR) is 156 cm³/mol. The fourth-order valence-corrected chi connectivity index (χ4v) is 7.51. The summed E-state index contributed by atoms with van der Waals surface area (Å²) < 4.78 is 12.2. The highest BCUT2D eigenvalue weighted by atomic mass is 79.9. The van der Waals surface area contributed by atoms with E-state index in [1.807, 2.05) is 20.8 Å². The molecule has 3 unspecified atom stereocenters. The number of carbonyl (C=O) groups is 3. The smallest absolute Gasteiger partial charge is 0.248 e. The number of benzene rings is 1. The fraction of sp³-hybridized carbons (Fsp3) is 0.567. The maximum absolute atomic E-state index is 14.4. The van der Waals surface area contributed by atoms with Crippen LogP contribution in [0.4, 0.5) is 5.69 Å². The number of aliphatic hydroxyl groups is 1. The molecule has 3 aliphatic rings.